The highest BCUT2D eigenvalue weighted by atomic mass is 35.5. The lowest BCUT2D eigenvalue weighted by molar-refractivity contribution is 0.0872. The molecule has 0 saturated carbocycles. The van der Waals surface area contributed by atoms with E-state index in [1.807, 2.05) is 42.6 Å². The molecule has 1 aromatic heterocycles. The van der Waals surface area contributed by atoms with Crippen LogP contribution in [0.2, 0.25) is 5.02 Å². The fourth-order valence-corrected chi connectivity index (χ4v) is 3.78. The van der Waals surface area contributed by atoms with Gasteiger partial charge in [0.2, 0.25) is 5.78 Å². The summed E-state index contributed by atoms with van der Waals surface area (Å²) in [5.74, 6) is 1.44. The van der Waals surface area contributed by atoms with Gasteiger partial charge in [0.15, 0.2) is 5.76 Å². The van der Waals surface area contributed by atoms with Crippen LogP contribution in [0.15, 0.2) is 66.7 Å². The Kier molecular flexibility index (Phi) is 4.54. The SMILES string of the molecule is O=C1C(=Cc2ccccc2Cl)Oc2c1ccc1c2CN(Cc2cccnc2)CO1. The quantitative estimate of drug-likeness (QED) is 0.592. The minimum absolute atomic E-state index is 0.146. The maximum atomic E-state index is 12.9. The second-order valence-corrected chi connectivity index (χ2v) is 7.41. The van der Waals surface area contributed by atoms with Crippen molar-refractivity contribution in [2.45, 2.75) is 13.1 Å². The van der Waals surface area contributed by atoms with Crippen molar-refractivity contribution in [3.63, 3.8) is 0 Å². The number of hydrogen-bond acceptors (Lipinski definition) is 5. The molecule has 6 heteroatoms. The van der Waals surface area contributed by atoms with E-state index in [0.717, 1.165) is 22.4 Å². The largest absolute Gasteiger partial charge is 0.478 e. The van der Waals surface area contributed by atoms with Gasteiger partial charge in [0.05, 0.1) is 11.1 Å². The summed E-state index contributed by atoms with van der Waals surface area (Å²) in [6.07, 6.45) is 5.29. The highest BCUT2D eigenvalue weighted by Gasteiger charge is 2.33. The van der Waals surface area contributed by atoms with Gasteiger partial charge in [-0.2, -0.15) is 0 Å². The zero-order valence-corrected chi connectivity index (χ0v) is 16.2. The molecule has 2 aromatic carbocycles. The Labute approximate surface area is 173 Å². The Hall–Kier alpha value is -3.15. The van der Waals surface area contributed by atoms with E-state index in [-0.39, 0.29) is 11.5 Å². The molecule has 0 aliphatic carbocycles. The van der Waals surface area contributed by atoms with Crippen molar-refractivity contribution >= 4 is 23.5 Å². The molecule has 0 unspecified atom stereocenters. The summed E-state index contributed by atoms with van der Waals surface area (Å²) in [4.78, 5) is 19.2. The number of benzene rings is 2. The monoisotopic (exact) mass is 404 g/mol. The third-order valence-corrected chi connectivity index (χ3v) is 5.35. The zero-order valence-electron chi connectivity index (χ0n) is 15.5. The van der Waals surface area contributed by atoms with Crippen LogP contribution in [0.4, 0.5) is 0 Å². The maximum Gasteiger partial charge on any atom is 0.231 e. The molecule has 0 bridgehead atoms. The zero-order chi connectivity index (χ0) is 19.8. The Morgan fingerprint density at radius 2 is 2.03 bits per heavy atom. The Balaban J connectivity index is 1.45. The van der Waals surface area contributed by atoms with Gasteiger partial charge in [-0.3, -0.25) is 14.7 Å². The predicted molar refractivity (Wildman–Crippen MR) is 110 cm³/mol. The predicted octanol–water partition coefficient (Wildman–Crippen LogP) is 4.70. The second kappa shape index (κ2) is 7.35. The van der Waals surface area contributed by atoms with Crippen LogP contribution >= 0.6 is 11.6 Å². The average molecular weight is 405 g/mol. The molecule has 3 heterocycles. The Bertz CT molecular complexity index is 1130. The minimum Gasteiger partial charge on any atom is -0.478 e. The standard InChI is InChI=1S/C23H17ClN2O3/c24-19-6-2-1-5-16(19)10-21-22(27)17-7-8-20-18(23(17)29-21)13-26(14-28-20)12-15-4-3-9-25-11-15/h1-11H,12-14H2. The Morgan fingerprint density at radius 3 is 2.86 bits per heavy atom. The van der Waals surface area contributed by atoms with E-state index in [2.05, 4.69) is 9.88 Å². The van der Waals surface area contributed by atoms with Crippen molar-refractivity contribution in [3.05, 3.63) is 94.0 Å². The van der Waals surface area contributed by atoms with Crippen LogP contribution in [0, 0.1) is 0 Å². The minimum atomic E-state index is -0.146. The molecule has 0 atom stereocenters. The summed E-state index contributed by atoms with van der Waals surface area (Å²) in [6, 6.07) is 14.9. The fraction of sp³-hybridized carbons (Fsp3) is 0.130. The third kappa shape index (κ3) is 3.39. The first-order valence-electron chi connectivity index (χ1n) is 9.28. The van der Waals surface area contributed by atoms with E-state index in [9.17, 15) is 4.79 Å². The van der Waals surface area contributed by atoms with Crippen molar-refractivity contribution in [2.75, 3.05) is 6.73 Å². The van der Waals surface area contributed by atoms with Crippen molar-refractivity contribution < 1.29 is 14.3 Å². The average Bonchev–Trinajstić information content (AvgIpc) is 3.06. The smallest absolute Gasteiger partial charge is 0.231 e. The van der Waals surface area contributed by atoms with Gasteiger partial charge < -0.3 is 9.47 Å². The molecular formula is C23H17ClN2O3. The lowest BCUT2D eigenvalue weighted by Crippen LogP contribution is -2.31. The van der Waals surface area contributed by atoms with Gasteiger partial charge in [-0.25, -0.2) is 0 Å². The van der Waals surface area contributed by atoms with E-state index in [1.54, 1.807) is 24.4 Å². The number of hydrogen-bond donors (Lipinski definition) is 0. The van der Waals surface area contributed by atoms with E-state index < -0.39 is 0 Å². The van der Waals surface area contributed by atoms with Crippen LogP contribution in [0.25, 0.3) is 6.08 Å². The number of ether oxygens (including phenoxy) is 2. The number of carbonyl (C=O) groups excluding carboxylic acids is 1. The third-order valence-electron chi connectivity index (χ3n) is 5.00. The van der Waals surface area contributed by atoms with Gasteiger partial charge >= 0.3 is 0 Å². The molecule has 5 rings (SSSR count). The first-order valence-corrected chi connectivity index (χ1v) is 9.65. The van der Waals surface area contributed by atoms with E-state index in [0.29, 0.717) is 36.2 Å². The molecule has 0 radical (unpaired) electrons. The van der Waals surface area contributed by atoms with Gasteiger partial charge in [0, 0.05) is 30.5 Å². The number of ketones is 1. The molecule has 5 nitrogen and oxygen atoms in total. The van der Waals surface area contributed by atoms with Crippen LogP contribution in [-0.4, -0.2) is 22.4 Å². The van der Waals surface area contributed by atoms with Crippen molar-refractivity contribution in [2.24, 2.45) is 0 Å². The number of halogens is 1. The van der Waals surface area contributed by atoms with Crippen molar-refractivity contribution in [1.82, 2.24) is 9.88 Å². The lowest BCUT2D eigenvalue weighted by Gasteiger charge is -2.29. The molecule has 3 aromatic rings. The topological polar surface area (TPSA) is 51.7 Å². The molecular weight excluding hydrogens is 388 g/mol. The van der Waals surface area contributed by atoms with Crippen LogP contribution in [0.3, 0.4) is 0 Å². The van der Waals surface area contributed by atoms with Crippen LogP contribution in [0.1, 0.15) is 27.0 Å². The number of pyridine rings is 1. The van der Waals surface area contributed by atoms with Crippen molar-refractivity contribution in [3.8, 4) is 11.5 Å². The summed E-state index contributed by atoms with van der Waals surface area (Å²) in [6.45, 7) is 1.80. The normalized spacial score (nSPS) is 16.9. The second-order valence-electron chi connectivity index (χ2n) is 7.00. The molecule has 0 saturated heterocycles. The highest BCUT2D eigenvalue weighted by molar-refractivity contribution is 6.32. The number of rotatable bonds is 3. The molecule has 0 spiro atoms. The molecule has 29 heavy (non-hydrogen) atoms. The van der Waals surface area contributed by atoms with Crippen molar-refractivity contribution in [1.29, 1.82) is 0 Å². The van der Waals surface area contributed by atoms with E-state index in [1.165, 1.54) is 0 Å². The summed E-state index contributed by atoms with van der Waals surface area (Å²) in [5.41, 5.74) is 3.28. The molecule has 2 aliphatic rings. The summed E-state index contributed by atoms with van der Waals surface area (Å²) in [7, 11) is 0. The molecule has 0 fully saturated rings. The van der Waals surface area contributed by atoms with E-state index >= 15 is 0 Å². The Morgan fingerprint density at radius 1 is 1.14 bits per heavy atom. The number of fused-ring (bicyclic) bond motifs is 3. The van der Waals surface area contributed by atoms with Crippen LogP contribution < -0.4 is 9.47 Å². The summed E-state index contributed by atoms with van der Waals surface area (Å²) >= 11 is 6.23. The van der Waals surface area contributed by atoms with Gasteiger partial charge in [0.25, 0.3) is 0 Å². The maximum absolute atomic E-state index is 12.9. The number of allylic oxidation sites excluding steroid dienone is 1. The van der Waals surface area contributed by atoms with Crippen LogP contribution in [0.5, 0.6) is 11.5 Å². The number of carbonyl (C=O) groups is 1. The molecule has 2 aliphatic heterocycles. The molecule has 144 valence electrons. The van der Waals surface area contributed by atoms with Gasteiger partial charge in [-0.05, 0) is 41.5 Å². The van der Waals surface area contributed by atoms with Crippen LogP contribution in [-0.2, 0) is 13.1 Å². The van der Waals surface area contributed by atoms with E-state index in [4.69, 9.17) is 21.1 Å². The first-order chi connectivity index (χ1) is 14.2. The molecule has 0 amide bonds. The van der Waals surface area contributed by atoms with Gasteiger partial charge in [0.1, 0.15) is 18.2 Å². The number of aromatic nitrogens is 1. The first kappa shape index (κ1) is 17.9. The number of Topliss-reactive ketones (excluding diaryl/α,β-unsaturated/α-hetero) is 1. The summed E-state index contributed by atoms with van der Waals surface area (Å²) < 4.78 is 11.9. The summed E-state index contributed by atoms with van der Waals surface area (Å²) in [5, 5.41) is 0.570. The molecule has 0 N–H and O–H groups in total. The fourth-order valence-electron chi connectivity index (χ4n) is 3.59. The number of nitrogens with zero attached hydrogens (tertiary/aromatic N) is 2. The van der Waals surface area contributed by atoms with Gasteiger partial charge in [-0.15, -0.1) is 0 Å². The van der Waals surface area contributed by atoms with Gasteiger partial charge in [-0.1, -0.05) is 35.9 Å². The highest BCUT2D eigenvalue weighted by Crippen LogP contribution is 2.42. The lowest BCUT2D eigenvalue weighted by atomic mass is 10.0.